The first-order valence-corrected chi connectivity index (χ1v) is 7.92. The number of likely N-dealkylation sites (tertiary alicyclic amines) is 1. The molecule has 0 aromatic carbocycles. The molecule has 0 aromatic rings. The first-order valence-electron chi connectivity index (χ1n) is 7.92. The van der Waals surface area contributed by atoms with Gasteiger partial charge in [-0.25, -0.2) is 0 Å². The van der Waals surface area contributed by atoms with Crippen LogP contribution in [0.4, 0.5) is 0 Å². The van der Waals surface area contributed by atoms with Gasteiger partial charge >= 0.3 is 0 Å². The normalized spacial score (nSPS) is 29.1. The smallest absolute Gasteiger partial charge is 0.0236 e. The summed E-state index contributed by atoms with van der Waals surface area (Å²) >= 11 is 0. The molecule has 2 heterocycles. The third-order valence-corrected chi connectivity index (χ3v) is 4.89. The molecule has 19 heavy (non-hydrogen) atoms. The van der Waals surface area contributed by atoms with Gasteiger partial charge in [-0.05, 0) is 48.0 Å². The average molecular weight is 267 g/mol. The predicted octanol–water partition coefficient (Wildman–Crippen LogP) is 2.28. The van der Waals surface area contributed by atoms with E-state index in [1.54, 1.807) is 0 Å². The fraction of sp³-hybridized carbons (Fsp3) is 1.00. The van der Waals surface area contributed by atoms with E-state index in [9.17, 15) is 0 Å². The zero-order chi connectivity index (χ0) is 14.3. The highest BCUT2D eigenvalue weighted by molar-refractivity contribution is 4.92. The number of nitrogens with zero attached hydrogens (tertiary/aromatic N) is 3. The average Bonchev–Trinajstić information content (AvgIpc) is 2.77. The van der Waals surface area contributed by atoms with Gasteiger partial charge in [-0.2, -0.15) is 0 Å². The van der Waals surface area contributed by atoms with Crippen LogP contribution in [0, 0.1) is 0 Å². The molecule has 0 saturated carbocycles. The van der Waals surface area contributed by atoms with Crippen LogP contribution < -0.4 is 0 Å². The van der Waals surface area contributed by atoms with Gasteiger partial charge in [0.25, 0.3) is 0 Å². The van der Waals surface area contributed by atoms with Gasteiger partial charge in [-0.15, -0.1) is 0 Å². The molecule has 3 heteroatoms. The minimum absolute atomic E-state index is 0.333. The van der Waals surface area contributed by atoms with Crippen LogP contribution >= 0.6 is 0 Å². The van der Waals surface area contributed by atoms with Crippen molar-refractivity contribution in [2.75, 3.05) is 39.3 Å². The maximum absolute atomic E-state index is 2.73. The van der Waals surface area contributed by atoms with Gasteiger partial charge in [-0.3, -0.25) is 14.7 Å². The number of hydrogen-bond donors (Lipinski definition) is 0. The van der Waals surface area contributed by atoms with Crippen LogP contribution in [0.2, 0.25) is 0 Å². The Morgan fingerprint density at radius 2 is 1.21 bits per heavy atom. The summed E-state index contributed by atoms with van der Waals surface area (Å²) in [4.78, 5) is 8.00. The molecule has 1 atom stereocenters. The lowest BCUT2D eigenvalue weighted by atomic mass is 10.0. The predicted molar refractivity (Wildman–Crippen MR) is 82.6 cm³/mol. The SMILES string of the molecule is CC(C)(C)N1CCN([C@@H]2CCN(C(C)(C)C)C2)CC1. The molecule has 0 spiro atoms. The number of piperazine rings is 1. The van der Waals surface area contributed by atoms with E-state index in [2.05, 4.69) is 56.2 Å². The Hall–Kier alpha value is -0.120. The van der Waals surface area contributed by atoms with Crippen LogP contribution in [0.5, 0.6) is 0 Å². The largest absolute Gasteiger partial charge is 0.297 e. The summed E-state index contributed by atoms with van der Waals surface area (Å²) in [5.41, 5.74) is 0.668. The van der Waals surface area contributed by atoms with E-state index in [4.69, 9.17) is 0 Å². The van der Waals surface area contributed by atoms with Crippen molar-refractivity contribution in [3.8, 4) is 0 Å². The Balaban J connectivity index is 1.83. The van der Waals surface area contributed by atoms with Crippen LogP contribution in [0.1, 0.15) is 48.0 Å². The summed E-state index contributed by atoms with van der Waals surface area (Å²) in [6.45, 7) is 21.5. The molecule has 112 valence electrons. The standard InChI is InChI=1S/C16H33N3/c1-15(2,3)18-11-9-17(10-12-18)14-7-8-19(13-14)16(4,5)6/h14H,7-13H2,1-6H3/t14-/m1/s1. The Morgan fingerprint density at radius 3 is 1.63 bits per heavy atom. The molecule has 0 amide bonds. The highest BCUT2D eigenvalue weighted by atomic mass is 15.3. The first-order chi connectivity index (χ1) is 8.68. The molecule has 0 aliphatic carbocycles. The second kappa shape index (κ2) is 5.34. The Labute approximate surface area is 119 Å². The second-order valence-corrected chi connectivity index (χ2v) is 8.25. The summed E-state index contributed by atoms with van der Waals surface area (Å²) in [5.74, 6) is 0. The summed E-state index contributed by atoms with van der Waals surface area (Å²) in [7, 11) is 0. The van der Waals surface area contributed by atoms with Crippen LogP contribution in [0.25, 0.3) is 0 Å². The molecule has 0 bridgehead atoms. The molecule has 0 radical (unpaired) electrons. The third-order valence-electron chi connectivity index (χ3n) is 4.89. The van der Waals surface area contributed by atoms with E-state index in [1.165, 1.54) is 45.7 Å². The first kappa shape index (κ1) is 15.3. The summed E-state index contributed by atoms with van der Waals surface area (Å²) < 4.78 is 0. The van der Waals surface area contributed by atoms with E-state index in [0.717, 1.165) is 6.04 Å². The fourth-order valence-electron chi connectivity index (χ4n) is 3.41. The van der Waals surface area contributed by atoms with Crippen LogP contribution in [0.3, 0.4) is 0 Å². The van der Waals surface area contributed by atoms with Crippen molar-refractivity contribution < 1.29 is 0 Å². The van der Waals surface area contributed by atoms with Crippen molar-refractivity contribution in [1.29, 1.82) is 0 Å². The van der Waals surface area contributed by atoms with Crippen molar-refractivity contribution in [2.45, 2.75) is 65.1 Å². The highest BCUT2D eigenvalue weighted by Crippen LogP contribution is 2.25. The van der Waals surface area contributed by atoms with Crippen molar-refractivity contribution in [3.63, 3.8) is 0 Å². The van der Waals surface area contributed by atoms with Crippen molar-refractivity contribution in [3.05, 3.63) is 0 Å². The molecule has 0 unspecified atom stereocenters. The number of hydrogen-bond acceptors (Lipinski definition) is 3. The summed E-state index contributed by atoms with van der Waals surface area (Å²) in [6.07, 6.45) is 1.35. The van der Waals surface area contributed by atoms with Gasteiger partial charge in [0, 0.05) is 56.4 Å². The maximum atomic E-state index is 2.73. The molecule has 0 aromatic heterocycles. The van der Waals surface area contributed by atoms with Gasteiger partial charge in [-0.1, -0.05) is 0 Å². The minimum atomic E-state index is 0.333. The van der Waals surface area contributed by atoms with Crippen LogP contribution in [-0.4, -0.2) is 71.1 Å². The summed E-state index contributed by atoms with van der Waals surface area (Å²) in [6, 6.07) is 0.793. The molecule has 2 aliphatic heterocycles. The Bertz CT molecular complexity index is 292. The molecule has 2 saturated heterocycles. The lowest BCUT2D eigenvalue weighted by Gasteiger charge is -2.44. The number of rotatable bonds is 1. The minimum Gasteiger partial charge on any atom is -0.297 e. The molecular weight excluding hydrogens is 234 g/mol. The van der Waals surface area contributed by atoms with E-state index in [-0.39, 0.29) is 0 Å². The van der Waals surface area contributed by atoms with Gasteiger partial charge in [0.05, 0.1) is 0 Å². The van der Waals surface area contributed by atoms with Crippen molar-refractivity contribution >= 4 is 0 Å². The van der Waals surface area contributed by atoms with E-state index in [1.807, 2.05) is 0 Å². The molecular formula is C16H33N3. The van der Waals surface area contributed by atoms with E-state index in [0.29, 0.717) is 11.1 Å². The van der Waals surface area contributed by atoms with E-state index < -0.39 is 0 Å². The Kier molecular flexibility index (Phi) is 4.29. The third kappa shape index (κ3) is 3.71. The van der Waals surface area contributed by atoms with Crippen molar-refractivity contribution in [1.82, 2.24) is 14.7 Å². The molecule has 2 aliphatic rings. The fourth-order valence-corrected chi connectivity index (χ4v) is 3.41. The molecule has 2 fully saturated rings. The Morgan fingerprint density at radius 1 is 0.684 bits per heavy atom. The highest BCUT2D eigenvalue weighted by Gasteiger charge is 2.35. The zero-order valence-corrected chi connectivity index (χ0v) is 13.9. The molecule has 3 nitrogen and oxygen atoms in total. The zero-order valence-electron chi connectivity index (χ0n) is 13.9. The monoisotopic (exact) mass is 267 g/mol. The van der Waals surface area contributed by atoms with E-state index >= 15 is 0 Å². The van der Waals surface area contributed by atoms with Gasteiger partial charge in [0.2, 0.25) is 0 Å². The van der Waals surface area contributed by atoms with Gasteiger partial charge in [0.1, 0.15) is 0 Å². The topological polar surface area (TPSA) is 9.72 Å². The van der Waals surface area contributed by atoms with Gasteiger partial charge in [0.15, 0.2) is 0 Å². The van der Waals surface area contributed by atoms with Gasteiger partial charge < -0.3 is 0 Å². The van der Waals surface area contributed by atoms with Crippen molar-refractivity contribution in [2.24, 2.45) is 0 Å². The summed E-state index contributed by atoms with van der Waals surface area (Å²) in [5, 5.41) is 0. The molecule has 0 N–H and O–H groups in total. The van der Waals surface area contributed by atoms with Crippen LogP contribution in [-0.2, 0) is 0 Å². The lowest BCUT2D eigenvalue weighted by molar-refractivity contribution is 0.0408. The lowest BCUT2D eigenvalue weighted by Crippen LogP contribution is -2.56. The molecule has 2 rings (SSSR count). The van der Waals surface area contributed by atoms with Crippen LogP contribution in [0.15, 0.2) is 0 Å². The maximum Gasteiger partial charge on any atom is 0.0236 e. The second-order valence-electron chi connectivity index (χ2n) is 8.25. The quantitative estimate of drug-likeness (QED) is 0.722.